The van der Waals surface area contributed by atoms with Gasteiger partial charge in [-0.3, -0.25) is 9.88 Å². The van der Waals surface area contributed by atoms with Gasteiger partial charge in [-0.25, -0.2) is 27.2 Å². The van der Waals surface area contributed by atoms with E-state index in [0.29, 0.717) is 36.8 Å². The summed E-state index contributed by atoms with van der Waals surface area (Å²) in [6, 6.07) is 5.70. The van der Waals surface area contributed by atoms with Crippen molar-refractivity contribution in [3.8, 4) is 23.0 Å². The lowest BCUT2D eigenvalue weighted by Gasteiger charge is -2.42. The second kappa shape index (κ2) is 14.6. The van der Waals surface area contributed by atoms with Crippen molar-refractivity contribution in [1.82, 2.24) is 30.1 Å². The van der Waals surface area contributed by atoms with E-state index in [0.717, 1.165) is 25.8 Å². The minimum atomic E-state index is -1.42. The minimum Gasteiger partial charge on any atom is -0.461 e. The van der Waals surface area contributed by atoms with Crippen LogP contribution in [0.15, 0.2) is 30.5 Å². The molecule has 13 nitrogen and oxygen atoms in total. The van der Waals surface area contributed by atoms with Crippen LogP contribution in [-0.4, -0.2) is 125 Å². The molecular weight excluding hydrogens is 774 g/mol. The number of alkyl halides is 2. The van der Waals surface area contributed by atoms with Gasteiger partial charge in [0, 0.05) is 37.7 Å². The van der Waals surface area contributed by atoms with E-state index < -0.39 is 47.2 Å². The van der Waals surface area contributed by atoms with Crippen LogP contribution in [0.1, 0.15) is 57.4 Å². The summed E-state index contributed by atoms with van der Waals surface area (Å²) in [6.07, 6.45) is 1.33. The molecule has 4 aromatic rings. The number of nitrogens with one attached hydrogen (secondary N) is 1. The molecule has 11 rings (SSSR count). The normalized spacial score (nSPS) is 29.5. The molecule has 2 amide bonds. The first-order chi connectivity index (χ1) is 28.4. The lowest BCUT2D eigenvalue weighted by Crippen LogP contribution is -2.60. The molecule has 5 saturated heterocycles. The number of fused-ring (bicyclic) bond motifs is 9. The van der Waals surface area contributed by atoms with Gasteiger partial charge >= 0.3 is 18.2 Å². The maximum Gasteiger partial charge on any atom is 0.415 e. The molecule has 7 aliphatic heterocycles. The van der Waals surface area contributed by atoms with Crippen LogP contribution in [0, 0.1) is 11.6 Å². The summed E-state index contributed by atoms with van der Waals surface area (Å²) < 4.78 is 87.6. The van der Waals surface area contributed by atoms with Crippen molar-refractivity contribution in [3.63, 3.8) is 0 Å². The third-order valence-electron chi connectivity index (χ3n) is 12.9. The number of rotatable bonds is 4. The highest BCUT2D eigenvalue weighted by atomic mass is 19.1. The number of nitrogens with zero attached hydrogens (tertiary/aromatic N) is 6. The summed E-state index contributed by atoms with van der Waals surface area (Å²) in [6.45, 7) is 3.41. The van der Waals surface area contributed by atoms with Gasteiger partial charge in [0.25, 0.3) is 0 Å². The minimum absolute atomic E-state index is 0.0212. The first kappa shape index (κ1) is 38.2. The number of likely N-dealkylation sites (tertiary alicyclic amines) is 1. The highest BCUT2D eigenvalue weighted by molar-refractivity contribution is 6.02. The van der Waals surface area contributed by atoms with Gasteiger partial charge in [0.15, 0.2) is 5.82 Å². The molecule has 8 bridgehead atoms. The van der Waals surface area contributed by atoms with E-state index in [1.807, 2.05) is 0 Å². The number of alkyl carbamates (subject to hydrolysis) is 1. The van der Waals surface area contributed by atoms with E-state index in [4.69, 9.17) is 23.9 Å². The Balaban J connectivity index is 1.12. The molecule has 0 radical (unpaired) electrons. The third kappa shape index (κ3) is 7.02. The zero-order valence-corrected chi connectivity index (χ0v) is 32.7. The number of morpholine rings is 1. The van der Waals surface area contributed by atoms with Crippen LogP contribution in [0.2, 0.25) is 0 Å². The van der Waals surface area contributed by atoms with E-state index in [-0.39, 0.29) is 109 Å². The molecule has 2 aromatic heterocycles. The summed E-state index contributed by atoms with van der Waals surface area (Å²) in [5.74, 6) is -1.23. The first-order valence-corrected chi connectivity index (χ1v) is 20.5. The summed E-state index contributed by atoms with van der Waals surface area (Å²) >= 11 is 0. The number of aryl methyl sites for hydroxylation is 1. The van der Waals surface area contributed by atoms with Gasteiger partial charge < -0.3 is 34.1 Å². The molecule has 312 valence electrons. The summed E-state index contributed by atoms with van der Waals surface area (Å²) in [7, 11) is 0. The Morgan fingerprint density at radius 1 is 1.03 bits per heavy atom. The Morgan fingerprint density at radius 3 is 2.68 bits per heavy atom. The van der Waals surface area contributed by atoms with E-state index in [2.05, 4.69) is 20.2 Å². The number of piperidine rings is 1. The smallest absolute Gasteiger partial charge is 0.415 e. The predicted octanol–water partition coefficient (Wildman–Crippen LogP) is 6.42. The quantitative estimate of drug-likeness (QED) is 0.229. The Morgan fingerprint density at radius 2 is 1.85 bits per heavy atom. The number of halogens is 4. The highest BCUT2D eigenvalue weighted by Crippen LogP contribution is 2.43. The fourth-order valence-corrected chi connectivity index (χ4v) is 10.4. The molecule has 1 N–H and O–H groups in total. The van der Waals surface area contributed by atoms with E-state index >= 15 is 13.2 Å². The fraction of sp³-hybridized carbons (Fsp3) is 0.548. The molecule has 2 unspecified atom stereocenters. The van der Waals surface area contributed by atoms with Crippen molar-refractivity contribution in [2.24, 2.45) is 0 Å². The van der Waals surface area contributed by atoms with Crippen LogP contribution in [0.5, 0.6) is 11.8 Å². The summed E-state index contributed by atoms with van der Waals surface area (Å²) in [5, 5.41) is 3.75. The maximum atomic E-state index is 17.6. The topological polar surface area (TPSA) is 131 Å². The van der Waals surface area contributed by atoms with Crippen molar-refractivity contribution in [2.45, 2.75) is 93.9 Å². The number of anilines is 1. The number of hydrogen-bond donors (Lipinski definition) is 1. The van der Waals surface area contributed by atoms with Crippen LogP contribution < -0.4 is 19.7 Å². The summed E-state index contributed by atoms with van der Waals surface area (Å²) in [5.41, 5.74) is -1.72. The Labute approximate surface area is 337 Å². The molecule has 5 fully saturated rings. The average molecular weight is 820 g/mol. The van der Waals surface area contributed by atoms with Crippen LogP contribution >= 0.6 is 0 Å². The molecule has 0 saturated carbocycles. The van der Waals surface area contributed by atoms with Crippen molar-refractivity contribution < 1.29 is 46.1 Å². The molecule has 9 heterocycles. The van der Waals surface area contributed by atoms with Crippen LogP contribution in [0.25, 0.3) is 32.9 Å². The average Bonchev–Trinajstić information content (AvgIpc) is 3.85. The van der Waals surface area contributed by atoms with Crippen LogP contribution in [-0.2, 0) is 15.9 Å². The largest absolute Gasteiger partial charge is 0.461 e. The van der Waals surface area contributed by atoms with Gasteiger partial charge in [-0.15, -0.1) is 0 Å². The molecule has 0 aliphatic carbocycles. The fourth-order valence-electron chi connectivity index (χ4n) is 10.4. The lowest BCUT2D eigenvalue weighted by molar-refractivity contribution is -0.0298. The number of amides is 2. The first-order valence-electron chi connectivity index (χ1n) is 20.5. The number of aromatic nitrogens is 3. The molecule has 2 aromatic carbocycles. The molecular formula is C42H45F4N7O6. The van der Waals surface area contributed by atoms with Crippen molar-refractivity contribution in [1.29, 1.82) is 0 Å². The van der Waals surface area contributed by atoms with E-state index in [1.54, 1.807) is 22.8 Å². The van der Waals surface area contributed by atoms with Crippen molar-refractivity contribution in [2.75, 3.05) is 57.4 Å². The summed E-state index contributed by atoms with van der Waals surface area (Å²) in [4.78, 5) is 45.9. The Kier molecular flexibility index (Phi) is 9.45. The lowest BCUT2D eigenvalue weighted by atomic mass is 9.90. The predicted molar refractivity (Wildman–Crippen MR) is 207 cm³/mol. The highest BCUT2D eigenvalue weighted by Gasteiger charge is 2.49. The Hall–Kier alpha value is -5.03. The number of ether oxygens (including phenoxy) is 4. The van der Waals surface area contributed by atoms with Gasteiger partial charge in [0.2, 0.25) is 0 Å². The SMILES string of the molecule is C[C@@]12C[C@@H](F)CN(C1)c1nc(OC[C@@]34CCCN3C[C@H](F)C4)nc3c(F)c(ncc13)-c1cc(OC(=O)N3CC4CCC(C3)O4)cc3ccc(F)c(c13)CCCOC(=O)N2. The maximum absolute atomic E-state index is 17.6. The van der Waals surface area contributed by atoms with E-state index in [1.165, 1.54) is 24.4 Å². The number of carbonyl (C=O) groups is 2. The van der Waals surface area contributed by atoms with Crippen molar-refractivity contribution >= 4 is 39.7 Å². The third-order valence-corrected chi connectivity index (χ3v) is 12.9. The molecule has 7 aliphatic rings. The van der Waals surface area contributed by atoms with Gasteiger partial charge in [0.05, 0.1) is 54.9 Å². The molecule has 17 heteroatoms. The van der Waals surface area contributed by atoms with Gasteiger partial charge in [-0.1, -0.05) is 6.07 Å². The van der Waals surface area contributed by atoms with Crippen LogP contribution in [0.4, 0.5) is 33.0 Å². The van der Waals surface area contributed by atoms with E-state index in [9.17, 15) is 14.0 Å². The molecule has 6 atom stereocenters. The number of hydrogen-bond acceptors (Lipinski definition) is 11. The second-order valence-corrected chi connectivity index (χ2v) is 17.3. The monoisotopic (exact) mass is 819 g/mol. The number of pyridine rings is 1. The molecule has 0 spiro atoms. The van der Waals surface area contributed by atoms with Crippen molar-refractivity contribution in [3.05, 3.63) is 47.7 Å². The van der Waals surface area contributed by atoms with Gasteiger partial charge in [0.1, 0.15) is 47.5 Å². The Bertz CT molecular complexity index is 2350. The zero-order chi connectivity index (χ0) is 40.6. The molecule has 59 heavy (non-hydrogen) atoms. The van der Waals surface area contributed by atoms with Gasteiger partial charge in [-0.2, -0.15) is 9.97 Å². The standard InChI is InChI=1S/C42H45F4N7O6/c1-41-14-24(43)17-52(21-41)37-31-16-47-35(34(46)36(31)48-38(49-37)57-22-42-9-3-10-53(42)18-25(44)15-42)30-13-28(59-40(55)51-19-26-6-7-27(20-51)58-26)12-23-5-8-32(45)29(33(23)30)4-2-11-56-39(54)50-41/h5,8,12-13,16,24-27H,2-4,6-7,9-11,14-15,17-22H2,1H3,(H,50,54)/t24-,25-,26?,27?,41-,42+/m1/s1. The van der Waals surface area contributed by atoms with Gasteiger partial charge in [-0.05, 0) is 86.5 Å². The zero-order valence-electron chi connectivity index (χ0n) is 32.7. The second-order valence-electron chi connectivity index (χ2n) is 17.3. The van der Waals surface area contributed by atoms with Crippen LogP contribution in [0.3, 0.4) is 0 Å². The number of carbonyl (C=O) groups excluding carboxylic acids is 2. The number of benzene rings is 2.